The summed E-state index contributed by atoms with van der Waals surface area (Å²) in [6, 6.07) is 15.3. The van der Waals surface area contributed by atoms with Gasteiger partial charge in [-0.05, 0) is 24.5 Å². The van der Waals surface area contributed by atoms with E-state index in [0.29, 0.717) is 18.7 Å². The van der Waals surface area contributed by atoms with Crippen LogP contribution in [0.2, 0.25) is 0 Å². The number of aryl methyl sites for hydroxylation is 1. The van der Waals surface area contributed by atoms with Crippen molar-refractivity contribution in [2.45, 2.75) is 51.4 Å². The third-order valence-electron chi connectivity index (χ3n) is 6.20. The monoisotopic (exact) mass is 460 g/mol. The number of aliphatic carboxylic acids is 1. The Labute approximate surface area is 198 Å². The van der Waals surface area contributed by atoms with Crippen LogP contribution in [0.15, 0.2) is 67.1 Å². The fourth-order valence-corrected chi connectivity index (χ4v) is 4.33. The van der Waals surface area contributed by atoms with Crippen molar-refractivity contribution in [1.29, 1.82) is 0 Å². The van der Waals surface area contributed by atoms with Crippen LogP contribution in [-0.2, 0) is 33.9 Å². The van der Waals surface area contributed by atoms with E-state index in [2.05, 4.69) is 9.97 Å². The summed E-state index contributed by atoms with van der Waals surface area (Å²) in [6.45, 7) is 2.44. The number of imidazole rings is 1. The molecule has 2 heterocycles. The number of carboxylic acids is 1. The van der Waals surface area contributed by atoms with Crippen molar-refractivity contribution in [2.24, 2.45) is 0 Å². The van der Waals surface area contributed by atoms with Gasteiger partial charge in [0.1, 0.15) is 12.1 Å². The standard InChI is InChI=1S/C26H28N4O4/c1-18-7-9-20(10-8-18)15-29-22(11-12-24(29)31)25(32)30(16-19-5-3-2-4-6-19)23(26(33)34)13-21-14-27-17-28-21/h2-10,14,17,22-23H,11-13,15-16H2,1H3,(H,27,28)(H,33,34)/t22-,23-/m0/s1. The Morgan fingerprint density at radius 2 is 1.88 bits per heavy atom. The summed E-state index contributed by atoms with van der Waals surface area (Å²) >= 11 is 0. The van der Waals surface area contributed by atoms with E-state index < -0.39 is 18.1 Å². The molecule has 8 heteroatoms. The number of carbonyl (C=O) groups is 3. The molecule has 176 valence electrons. The highest BCUT2D eigenvalue weighted by Gasteiger charge is 2.41. The first-order valence-corrected chi connectivity index (χ1v) is 11.3. The van der Waals surface area contributed by atoms with Gasteiger partial charge in [0.15, 0.2) is 0 Å². The third kappa shape index (κ3) is 5.33. The zero-order valence-corrected chi connectivity index (χ0v) is 19.1. The van der Waals surface area contributed by atoms with Crippen LogP contribution in [0.1, 0.15) is 35.2 Å². The molecule has 2 atom stereocenters. The maximum atomic E-state index is 13.9. The van der Waals surface area contributed by atoms with E-state index in [1.807, 2.05) is 61.5 Å². The molecule has 0 unspecified atom stereocenters. The van der Waals surface area contributed by atoms with E-state index in [1.54, 1.807) is 11.1 Å². The van der Waals surface area contributed by atoms with Crippen LogP contribution >= 0.6 is 0 Å². The molecule has 1 aromatic heterocycles. The molecule has 1 aliphatic heterocycles. The van der Waals surface area contributed by atoms with E-state index in [0.717, 1.165) is 16.7 Å². The Bertz CT molecular complexity index is 1130. The van der Waals surface area contributed by atoms with Gasteiger partial charge < -0.3 is 19.9 Å². The SMILES string of the molecule is Cc1ccc(CN2C(=O)CC[C@H]2C(=O)N(Cc2ccccc2)[C@@H](Cc2cnc[nH]2)C(=O)O)cc1. The van der Waals surface area contributed by atoms with Gasteiger partial charge in [0.2, 0.25) is 11.8 Å². The third-order valence-corrected chi connectivity index (χ3v) is 6.20. The molecular weight excluding hydrogens is 432 g/mol. The number of likely N-dealkylation sites (tertiary alicyclic amines) is 1. The highest BCUT2D eigenvalue weighted by atomic mass is 16.4. The number of benzene rings is 2. The van der Waals surface area contributed by atoms with Gasteiger partial charge in [0.25, 0.3) is 0 Å². The van der Waals surface area contributed by atoms with E-state index in [-0.39, 0.29) is 31.2 Å². The molecule has 0 saturated carbocycles. The van der Waals surface area contributed by atoms with Crippen LogP contribution in [0, 0.1) is 6.92 Å². The number of nitrogens with zero attached hydrogens (tertiary/aromatic N) is 3. The minimum absolute atomic E-state index is 0.0898. The number of hydrogen-bond donors (Lipinski definition) is 2. The second-order valence-electron chi connectivity index (χ2n) is 8.65. The lowest BCUT2D eigenvalue weighted by molar-refractivity contribution is -0.154. The average molecular weight is 461 g/mol. The molecule has 4 rings (SSSR count). The molecule has 1 aliphatic rings. The van der Waals surface area contributed by atoms with Crippen LogP contribution in [0.4, 0.5) is 0 Å². The number of carbonyl (C=O) groups excluding carboxylic acids is 2. The van der Waals surface area contributed by atoms with Gasteiger partial charge in [-0.25, -0.2) is 9.78 Å². The van der Waals surface area contributed by atoms with E-state index in [4.69, 9.17) is 0 Å². The van der Waals surface area contributed by atoms with Crippen molar-refractivity contribution in [2.75, 3.05) is 0 Å². The van der Waals surface area contributed by atoms with Crippen molar-refractivity contribution in [3.63, 3.8) is 0 Å². The highest BCUT2D eigenvalue weighted by molar-refractivity contribution is 5.93. The smallest absolute Gasteiger partial charge is 0.326 e. The summed E-state index contributed by atoms with van der Waals surface area (Å²) < 4.78 is 0. The fourth-order valence-electron chi connectivity index (χ4n) is 4.33. The minimum Gasteiger partial charge on any atom is -0.480 e. The summed E-state index contributed by atoms with van der Waals surface area (Å²) in [7, 11) is 0. The minimum atomic E-state index is -1.11. The molecule has 0 spiro atoms. The summed E-state index contributed by atoms with van der Waals surface area (Å²) in [5, 5.41) is 10.1. The summed E-state index contributed by atoms with van der Waals surface area (Å²) in [5.74, 6) is -1.55. The zero-order chi connectivity index (χ0) is 24.1. The van der Waals surface area contributed by atoms with Crippen LogP contribution in [-0.4, -0.2) is 54.7 Å². The Hall–Kier alpha value is -3.94. The molecule has 1 fully saturated rings. The lowest BCUT2D eigenvalue weighted by Gasteiger charge is -2.34. The molecule has 0 radical (unpaired) electrons. The molecule has 2 amide bonds. The number of aromatic nitrogens is 2. The quantitative estimate of drug-likeness (QED) is 0.511. The average Bonchev–Trinajstić information content (AvgIpc) is 3.48. The van der Waals surface area contributed by atoms with Crippen molar-refractivity contribution < 1.29 is 19.5 Å². The Morgan fingerprint density at radius 3 is 2.53 bits per heavy atom. The van der Waals surface area contributed by atoms with Gasteiger partial charge in [0.05, 0.1) is 6.33 Å². The molecule has 2 N–H and O–H groups in total. The van der Waals surface area contributed by atoms with Crippen LogP contribution in [0.25, 0.3) is 0 Å². The van der Waals surface area contributed by atoms with Gasteiger partial charge in [-0.1, -0.05) is 60.2 Å². The Kier molecular flexibility index (Phi) is 7.06. The van der Waals surface area contributed by atoms with Crippen LogP contribution < -0.4 is 0 Å². The van der Waals surface area contributed by atoms with Gasteiger partial charge in [-0.15, -0.1) is 0 Å². The predicted molar refractivity (Wildman–Crippen MR) is 125 cm³/mol. The number of nitrogens with one attached hydrogen (secondary N) is 1. The van der Waals surface area contributed by atoms with Crippen molar-refractivity contribution in [3.8, 4) is 0 Å². The Morgan fingerprint density at radius 1 is 1.15 bits per heavy atom. The van der Waals surface area contributed by atoms with Gasteiger partial charge in [-0.3, -0.25) is 9.59 Å². The molecule has 2 aromatic carbocycles. The van der Waals surface area contributed by atoms with Crippen molar-refractivity contribution >= 4 is 17.8 Å². The number of carboxylic acid groups (broad SMARTS) is 1. The maximum Gasteiger partial charge on any atom is 0.326 e. The Balaban J connectivity index is 1.63. The topological polar surface area (TPSA) is 107 Å². The lowest BCUT2D eigenvalue weighted by Crippen LogP contribution is -2.53. The largest absolute Gasteiger partial charge is 0.480 e. The van der Waals surface area contributed by atoms with Crippen LogP contribution in [0.3, 0.4) is 0 Å². The molecule has 1 saturated heterocycles. The summed E-state index contributed by atoms with van der Waals surface area (Å²) in [6.07, 6.45) is 3.76. The number of rotatable bonds is 9. The number of aromatic amines is 1. The second-order valence-corrected chi connectivity index (χ2v) is 8.65. The molecule has 8 nitrogen and oxygen atoms in total. The van der Waals surface area contributed by atoms with Crippen molar-refractivity contribution in [1.82, 2.24) is 19.8 Å². The van der Waals surface area contributed by atoms with E-state index in [9.17, 15) is 19.5 Å². The number of amides is 2. The van der Waals surface area contributed by atoms with Gasteiger partial charge in [-0.2, -0.15) is 0 Å². The van der Waals surface area contributed by atoms with E-state index in [1.165, 1.54) is 11.2 Å². The zero-order valence-electron chi connectivity index (χ0n) is 19.1. The van der Waals surface area contributed by atoms with Gasteiger partial charge in [0, 0.05) is 37.8 Å². The summed E-state index contributed by atoms with van der Waals surface area (Å²) in [5.41, 5.74) is 3.49. The molecular formula is C26H28N4O4. The first-order chi connectivity index (χ1) is 16.4. The lowest BCUT2D eigenvalue weighted by atomic mass is 10.0. The van der Waals surface area contributed by atoms with Crippen molar-refractivity contribution in [3.05, 3.63) is 89.5 Å². The molecule has 0 bridgehead atoms. The summed E-state index contributed by atoms with van der Waals surface area (Å²) in [4.78, 5) is 48.8. The first kappa shape index (κ1) is 23.2. The van der Waals surface area contributed by atoms with E-state index >= 15 is 0 Å². The van der Waals surface area contributed by atoms with Gasteiger partial charge >= 0.3 is 5.97 Å². The number of H-pyrrole nitrogens is 1. The van der Waals surface area contributed by atoms with Crippen LogP contribution in [0.5, 0.6) is 0 Å². The fraction of sp³-hybridized carbons (Fsp3) is 0.308. The molecule has 0 aliphatic carbocycles. The second kappa shape index (κ2) is 10.3. The first-order valence-electron chi connectivity index (χ1n) is 11.3. The maximum absolute atomic E-state index is 13.9. The number of hydrogen-bond acceptors (Lipinski definition) is 4. The normalized spacial score (nSPS) is 16.4. The highest BCUT2D eigenvalue weighted by Crippen LogP contribution is 2.26. The molecule has 34 heavy (non-hydrogen) atoms. The molecule has 3 aromatic rings. The predicted octanol–water partition coefficient (Wildman–Crippen LogP) is 2.93.